The number of benzene rings is 6. The summed E-state index contributed by atoms with van der Waals surface area (Å²) in [6.07, 6.45) is 9.77. The molecule has 1 saturated heterocycles. The van der Waals surface area contributed by atoms with Gasteiger partial charge >= 0.3 is 5.97 Å². The number of hydrogen-bond donors (Lipinski definition) is 1. The summed E-state index contributed by atoms with van der Waals surface area (Å²) in [6.45, 7) is 9.76. The van der Waals surface area contributed by atoms with Crippen LogP contribution in [0.4, 0.5) is 11.4 Å². The molecule has 0 spiro atoms. The number of rotatable bonds is 23. The summed E-state index contributed by atoms with van der Waals surface area (Å²) in [5, 5.41) is 2.61. The van der Waals surface area contributed by atoms with Crippen LogP contribution in [-0.4, -0.2) is 51.0 Å². The fraction of sp³-hybridized carbons (Fsp3) is 0.364. The van der Waals surface area contributed by atoms with Crippen molar-refractivity contribution in [1.82, 2.24) is 0 Å². The number of nitrogens with zero attached hydrogens (tertiary/aromatic N) is 1. The molecule has 0 saturated carbocycles. The van der Waals surface area contributed by atoms with Crippen LogP contribution in [0.25, 0.3) is 21.9 Å². The SMILES string of the molecule is CCCc1cc(OCCCCCCS)c(-c2ccc3c(c2)Oc2ccc(Cl)cc2N3CCC)cc1CCc1ccc(OC(=O)c2ccc3cc(OCCCOC4CO4)ccc3c2)c(C)c1. The van der Waals surface area contributed by atoms with Gasteiger partial charge < -0.3 is 33.3 Å². The third-order valence-corrected chi connectivity index (χ3v) is 12.5. The number of thiol groups is 1. The third kappa shape index (κ3) is 12.0. The molecule has 6 aromatic rings. The summed E-state index contributed by atoms with van der Waals surface area (Å²) >= 11 is 10.8. The van der Waals surface area contributed by atoms with Crippen LogP contribution in [0.15, 0.2) is 103 Å². The second kappa shape index (κ2) is 22.3. The van der Waals surface area contributed by atoms with Gasteiger partial charge in [0.15, 0.2) is 17.8 Å². The number of hydrogen-bond acceptors (Lipinski definition) is 9. The third-order valence-electron chi connectivity index (χ3n) is 11.9. The topological polar surface area (TPSA) is 79.0 Å². The zero-order valence-corrected chi connectivity index (χ0v) is 39.5. The molecule has 0 aromatic heterocycles. The first-order chi connectivity index (χ1) is 31.8. The first-order valence-corrected chi connectivity index (χ1v) is 24.3. The fourth-order valence-electron chi connectivity index (χ4n) is 8.44. The van der Waals surface area contributed by atoms with Crippen molar-refractivity contribution in [2.24, 2.45) is 0 Å². The van der Waals surface area contributed by atoms with Gasteiger partial charge in [-0.1, -0.05) is 75.0 Å². The summed E-state index contributed by atoms with van der Waals surface area (Å²) in [5.41, 5.74) is 9.32. The number of ether oxygens (including phenoxy) is 6. The normalized spacial score (nSPS) is 13.9. The van der Waals surface area contributed by atoms with Gasteiger partial charge in [-0.15, -0.1) is 0 Å². The molecule has 0 amide bonds. The molecule has 65 heavy (non-hydrogen) atoms. The number of epoxide rings is 1. The Balaban J connectivity index is 0.974. The zero-order chi connectivity index (χ0) is 45.1. The largest absolute Gasteiger partial charge is 0.493 e. The van der Waals surface area contributed by atoms with E-state index in [0.29, 0.717) is 42.8 Å². The smallest absolute Gasteiger partial charge is 0.343 e. The Morgan fingerprint density at radius 1 is 0.723 bits per heavy atom. The van der Waals surface area contributed by atoms with Crippen molar-refractivity contribution in [2.45, 2.75) is 91.3 Å². The molecule has 1 fully saturated rings. The van der Waals surface area contributed by atoms with Crippen LogP contribution in [-0.2, 0) is 28.7 Å². The predicted octanol–water partition coefficient (Wildman–Crippen LogP) is 14.1. The summed E-state index contributed by atoms with van der Waals surface area (Å²) in [7, 11) is 0. The van der Waals surface area contributed by atoms with E-state index in [9.17, 15) is 4.79 Å². The molecule has 8 rings (SSSR count). The molecule has 340 valence electrons. The Bertz CT molecular complexity index is 2590. The number of unbranched alkanes of at least 4 members (excludes halogenated alkanes) is 3. The number of esters is 1. The molecule has 1 unspecified atom stereocenters. The molecule has 0 radical (unpaired) electrons. The maximum Gasteiger partial charge on any atom is 0.343 e. The molecule has 8 nitrogen and oxygen atoms in total. The van der Waals surface area contributed by atoms with Crippen LogP contribution in [0.2, 0.25) is 5.02 Å². The Morgan fingerprint density at radius 3 is 2.35 bits per heavy atom. The van der Waals surface area contributed by atoms with Crippen LogP contribution in [0.5, 0.6) is 28.7 Å². The lowest BCUT2D eigenvalue weighted by atomic mass is 9.91. The van der Waals surface area contributed by atoms with Crippen molar-refractivity contribution < 1.29 is 33.2 Å². The molecule has 2 aliphatic rings. The predicted molar refractivity (Wildman–Crippen MR) is 266 cm³/mol. The highest BCUT2D eigenvalue weighted by Crippen LogP contribution is 2.49. The lowest BCUT2D eigenvalue weighted by Gasteiger charge is -2.33. The van der Waals surface area contributed by atoms with Crippen molar-refractivity contribution in [3.8, 4) is 39.9 Å². The highest BCUT2D eigenvalue weighted by molar-refractivity contribution is 7.80. The molecule has 10 heteroatoms. The lowest BCUT2D eigenvalue weighted by Crippen LogP contribution is -2.22. The van der Waals surface area contributed by atoms with E-state index in [4.69, 9.17) is 40.0 Å². The summed E-state index contributed by atoms with van der Waals surface area (Å²) in [4.78, 5) is 15.7. The number of carbonyl (C=O) groups is 1. The van der Waals surface area contributed by atoms with E-state index in [2.05, 4.69) is 73.8 Å². The van der Waals surface area contributed by atoms with Crippen LogP contribution >= 0.6 is 24.2 Å². The van der Waals surface area contributed by atoms with E-state index in [1.54, 1.807) is 6.07 Å². The Kier molecular flexibility index (Phi) is 15.9. The van der Waals surface area contributed by atoms with Gasteiger partial charge in [0.1, 0.15) is 23.9 Å². The van der Waals surface area contributed by atoms with Crippen LogP contribution in [0.3, 0.4) is 0 Å². The molecule has 1 atom stereocenters. The lowest BCUT2D eigenvalue weighted by molar-refractivity contribution is 0.0435. The van der Waals surface area contributed by atoms with E-state index in [1.807, 2.05) is 61.5 Å². The molecule has 2 aliphatic heterocycles. The summed E-state index contributed by atoms with van der Waals surface area (Å²) in [5.74, 6) is 4.38. The molecule has 0 bridgehead atoms. The molecular weight excluding hydrogens is 854 g/mol. The van der Waals surface area contributed by atoms with Gasteiger partial charge in [0, 0.05) is 23.6 Å². The number of anilines is 2. The Morgan fingerprint density at radius 2 is 1.54 bits per heavy atom. The molecule has 6 aromatic carbocycles. The zero-order valence-electron chi connectivity index (χ0n) is 37.8. The molecule has 0 N–H and O–H groups in total. The standard InChI is InChI=1S/C55H60ClNO7S/c1-4-11-39-33-52(60-25-8-6-7-9-28-65)47(43-18-21-48-53(34-43)63-51-23-19-45(56)35-49(51)57(48)24-5-2)32-42(39)14-12-38-13-22-50(37(3)29-38)64-55(58)44-16-15-41-31-46(20-17-40(41)30-44)59-26-10-27-61-54-36-62-54/h13,15-23,29-35,54,65H,4-12,14,24-28,36H2,1-3H3. The second-order valence-corrected chi connectivity index (χ2v) is 17.8. The van der Waals surface area contributed by atoms with Crippen molar-refractivity contribution in [3.63, 3.8) is 0 Å². The number of halogens is 1. The van der Waals surface area contributed by atoms with Crippen molar-refractivity contribution in [3.05, 3.63) is 136 Å². The highest BCUT2D eigenvalue weighted by atomic mass is 35.5. The van der Waals surface area contributed by atoms with E-state index in [-0.39, 0.29) is 6.29 Å². The second-order valence-electron chi connectivity index (χ2n) is 17.0. The van der Waals surface area contributed by atoms with Crippen molar-refractivity contribution in [2.75, 3.05) is 43.6 Å². The van der Waals surface area contributed by atoms with Gasteiger partial charge in [0.2, 0.25) is 0 Å². The molecule has 0 aliphatic carbocycles. The number of carbonyl (C=O) groups excluding carboxylic acids is 1. The average molecular weight is 915 g/mol. The average Bonchev–Trinajstić information content (AvgIpc) is 4.15. The van der Waals surface area contributed by atoms with E-state index in [1.165, 1.54) is 16.7 Å². The Hall–Kier alpha value is -5.19. The number of aryl methyl sites for hydroxylation is 4. The minimum absolute atomic E-state index is 0.0361. The van der Waals surface area contributed by atoms with Crippen molar-refractivity contribution >= 4 is 52.3 Å². The monoisotopic (exact) mass is 913 g/mol. The van der Waals surface area contributed by atoms with Gasteiger partial charge in [-0.2, -0.15) is 12.6 Å². The minimum Gasteiger partial charge on any atom is -0.493 e. The van der Waals surface area contributed by atoms with Gasteiger partial charge in [-0.25, -0.2) is 4.79 Å². The number of fused-ring (bicyclic) bond motifs is 3. The summed E-state index contributed by atoms with van der Waals surface area (Å²) in [6, 6.07) is 34.6. The van der Waals surface area contributed by atoms with Gasteiger partial charge in [-0.3, -0.25) is 0 Å². The summed E-state index contributed by atoms with van der Waals surface area (Å²) < 4.78 is 35.7. The van der Waals surface area contributed by atoms with Crippen LogP contribution in [0.1, 0.15) is 91.4 Å². The first-order valence-electron chi connectivity index (χ1n) is 23.3. The van der Waals surface area contributed by atoms with Crippen molar-refractivity contribution in [1.29, 1.82) is 0 Å². The van der Waals surface area contributed by atoms with E-state index in [0.717, 1.165) is 138 Å². The molecular formula is C55H60ClNO7S. The van der Waals surface area contributed by atoms with E-state index >= 15 is 0 Å². The van der Waals surface area contributed by atoms with Crippen LogP contribution < -0.4 is 23.8 Å². The Labute approximate surface area is 394 Å². The van der Waals surface area contributed by atoms with Gasteiger partial charge in [-0.05, 0) is 163 Å². The minimum atomic E-state index is -0.390. The van der Waals surface area contributed by atoms with Gasteiger partial charge in [0.05, 0.1) is 36.8 Å². The quantitative estimate of drug-likeness (QED) is 0.0224. The maximum atomic E-state index is 13.4. The van der Waals surface area contributed by atoms with E-state index < -0.39 is 5.97 Å². The highest BCUT2D eigenvalue weighted by Gasteiger charge is 2.26. The first kappa shape index (κ1) is 46.3. The van der Waals surface area contributed by atoms with Crippen LogP contribution in [0, 0.1) is 6.92 Å². The fourth-order valence-corrected chi connectivity index (χ4v) is 8.83. The molecule has 2 heterocycles. The maximum absolute atomic E-state index is 13.4. The van der Waals surface area contributed by atoms with Gasteiger partial charge in [0.25, 0.3) is 0 Å².